The molecule has 2 heterocycles. The van der Waals surface area contributed by atoms with E-state index in [1.54, 1.807) is 10.6 Å². The lowest BCUT2D eigenvalue weighted by Crippen LogP contribution is -1.93. The summed E-state index contributed by atoms with van der Waals surface area (Å²) in [4.78, 5) is 4.55. The second-order valence-electron chi connectivity index (χ2n) is 4.10. The van der Waals surface area contributed by atoms with Crippen LogP contribution in [0.5, 0.6) is 0 Å². The molecule has 0 unspecified atom stereocenters. The fourth-order valence-corrected chi connectivity index (χ4v) is 2.12. The van der Waals surface area contributed by atoms with Crippen molar-refractivity contribution in [3.63, 3.8) is 0 Å². The lowest BCUT2D eigenvalue weighted by molar-refractivity contribution is 0.901. The molecule has 4 nitrogen and oxygen atoms in total. The number of nitrogens with two attached hydrogens (primary N) is 1. The summed E-state index contributed by atoms with van der Waals surface area (Å²) in [7, 11) is 0. The molecule has 0 spiro atoms. The van der Waals surface area contributed by atoms with E-state index < -0.39 is 0 Å². The molecule has 5 heteroatoms. The van der Waals surface area contributed by atoms with Crippen LogP contribution in [0.25, 0.3) is 16.9 Å². The monoisotopic (exact) mass is 258 g/mol. The van der Waals surface area contributed by atoms with Gasteiger partial charge in [0.2, 0.25) is 0 Å². The van der Waals surface area contributed by atoms with Crippen molar-refractivity contribution in [1.29, 1.82) is 0 Å². The number of aryl methyl sites for hydroxylation is 1. The Labute approximate surface area is 109 Å². The fraction of sp³-hybridized carbons (Fsp3) is 0.0769. The van der Waals surface area contributed by atoms with Crippen molar-refractivity contribution in [1.82, 2.24) is 14.6 Å². The molecule has 2 N–H and O–H groups in total. The quantitative estimate of drug-likeness (QED) is 0.683. The third-order valence-electron chi connectivity index (χ3n) is 2.83. The average Bonchev–Trinajstić information content (AvgIpc) is 2.67. The predicted octanol–water partition coefficient (Wildman–Crippen LogP) is 2.94. The summed E-state index contributed by atoms with van der Waals surface area (Å²) in [5.74, 6) is 0. The highest BCUT2D eigenvalue weighted by Gasteiger charge is 2.11. The zero-order valence-electron chi connectivity index (χ0n) is 9.76. The van der Waals surface area contributed by atoms with E-state index in [4.69, 9.17) is 17.3 Å². The summed E-state index contributed by atoms with van der Waals surface area (Å²) in [6.07, 6.45) is 0. The lowest BCUT2D eigenvalue weighted by Gasteiger charge is -2.00. The molecule has 0 saturated heterocycles. The first-order chi connectivity index (χ1) is 8.65. The van der Waals surface area contributed by atoms with Crippen LogP contribution < -0.4 is 5.73 Å². The number of nitrogens with zero attached hydrogens (tertiary/aromatic N) is 3. The molecule has 0 aliphatic heterocycles. The van der Waals surface area contributed by atoms with Gasteiger partial charge in [0, 0.05) is 11.3 Å². The maximum absolute atomic E-state index is 5.89. The van der Waals surface area contributed by atoms with Crippen LogP contribution in [-0.2, 0) is 0 Å². The van der Waals surface area contributed by atoms with E-state index in [2.05, 4.69) is 10.1 Å². The predicted molar refractivity (Wildman–Crippen MR) is 72.6 cm³/mol. The van der Waals surface area contributed by atoms with E-state index in [1.165, 1.54) is 0 Å². The molecule has 18 heavy (non-hydrogen) atoms. The van der Waals surface area contributed by atoms with Crippen LogP contribution in [0.2, 0.25) is 5.15 Å². The van der Waals surface area contributed by atoms with Gasteiger partial charge < -0.3 is 5.73 Å². The van der Waals surface area contributed by atoms with E-state index in [-0.39, 0.29) is 0 Å². The van der Waals surface area contributed by atoms with Crippen LogP contribution >= 0.6 is 11.6 Å². The molecule has 0 bridgehead atoms. The maximum atomic E-state index is 5.89. The Morgan fingerprint density at radius 1 is 1.22 bits per heavy atom. The number of anilines is 1. The van der Waals surface area contributed by atoms with Gasteiger partial charge in [-0.25, -0.2) is 9.50 Å². The largest absolute Gasteiger partial charge is 0.399 e. The van der Waals surface area contributed by atoms with Crippen LogP contribution in [0.15, 0.2) is 36.4 Å². The molecule has 0 aliphatic carbocycles. The first-order valence-corrected chi connectivity index (χ1v) is 5.91. The summed E-state index contributed by atoms with van der Waals surface area (Å²) in [6, 6.07) is 11.2. The molecule has 3 rings (SSSR count). The molecule has 0 atom stereocenters. The Kier molecular flexibility index (Phi) is 2.45. The van der Waals surface area contributed by atoms with Gasteiger partial charge in [-0.2, -0.15) is 5.10 Å². The van der Waals surface area contributed by atoms with E-state index in [0.29, 0.717) is 5.15 Å². The number of aromatic nitrogens is 3. The van der Waals surface area contributed by atoms with Crippen molar-refractivity contribution in [3.05, 3.63) is 47.2 Å². The first kappa shape index (κ1) is 11.0. The highest BCUT2D eigenvalue weighted by molar-refractivity contribution is 6.29. The summed E-state index contributed by atoms with van der Waals surface area (Å²) < 4.78 is 1.74. The first-order valence-electron chi connectivity index (χ1n) is 5.53. The molecule has 0 fully saturated rings. The van der Waals surface area contributed by atoms with E-state index in [0.717, 1.165) is 28.3 Å². The Bertz CT molecular complexity index is 733. The second kappa shape index (κ2) is 3.99. The fourth-order valence-electron chi connectivity index (χ4n) is 1.98. The van der Waals surface area contributed by atoms with E-state index >= 15 is 0 Å². The van der Waals surface area contributed by atoms with Gasteiger partial charge >= 0.3 is 0 Å². The third kappa shape index (κ3) is 1.71. The Hall–Kier alpha value is -2.07. The lowest BCUT2D eigenvalue weighted by atomic mass is 10.1. The van der Waals surface area contributed by atoms with Gasteiger partial charge in [-0.3, -0.25) is 0 Å². The van der Waals surface area contributed by atoms with Gasteiger partial charge in [-0.1, -0.05) is 23.7 Å². The van der Waals surface area contributed by atoms with Crippen molar-refractivity contribution in [3.8, 4) is 11.3 Å². The maximum Gasteiger partial charge on any atom is 0.154 e. The van der Waals surface area contributed by atoms with Crippen molar-refractivity contribution in [2.45, 2.75) is 6.92 Å². The van der Waals surface area contributed by atoms with Gasteiger partial charge in [-0.05, 0) is 31.2 Å². The van der Waals surface area contributed by atoms with Crippen molar-refractivity contribution in [2.24, 2.45) is 0 Å². The molecule has 1 aromatic carbocycles. The van der Waals surface area contributed by atoms with Crippen molar-refractivity contribution in [2.75, 3.05) is 5.73 Å². The van der Waals surface area contributed by atoms with Crippen molar-refractivity contribution >= 4 is 22.9 Å². The van der Waals surface area contributed by atoms with Gasteiger partial charge in [-0.15, -0.1) is 0 Å². The number of hydrogen-bond acceptors (Lipinski definition) is 3. The van der Waals surface area contributed by atoms with E-state index in [1.807, 2.05) is 37.3 Å². The highest BCUT2D eigenvalue weighted by atomic mass is 35.5. The molecule has 2 aromatic heterocycles. The summed E-state index contributed by atoms with van der Waals surface area (Å²) >= 11 is 5.89. The normalized spacial score (nSPS) is 11.0. The number of hydrogen-bond donors (Lipinski definition) is 1. The summed E-state index contributed by atoms with van der Waals surface area (Å²) in [5, 5.41) is 4.68. The number of benzene rings is 1. The zero-order valence-corrected chi connectivity index (χ0v) is 10.5. The Morgan fingerprint density at radius 3 is 2.83 bits per heavy atom. The molecule has 0 saturated carbocycles. The molecule has 0 radical (unpaired) electrons. The minimum absolute atomic E-state index is 0.446. The van der Waals surface area contributed by atoms with Crippen LogP contribution in [0.4, 0.5) is 5.69 Å². The Balaban J connectivity index is 2.27. The highest BCUT2D eigenvalue weighted by Crippen LogP contribution is 2.25. The smallest absolute Gasteiger partial charge is 0.154 e. The van der Waals surface area contributed by atoms with Crippen LogP contribution in [0, 0.1) is 6.92 Å². The minimum Gasteiger partial charge on any atom is -0.399 e. The molecule has 3 aromatic rings. The number of halogens is 1. The number of rotatable bonds is 1. The molecule has 90 valence electrons. The Morgan fingerprint density at radius 2 is 2.06 bits per heavy atom. The van der Waals surface area contributed by atoms with Gasteiger partial charge in [0.25, 0.3) is 0 Å². The number of imidazole rings is 1. The van der Waals surface area contributed by atoms with Crippen LogP contribution in [0.1, 0.15) is 5.69 Å². The molecule has 0 amide bonds. The molecular weight excluding hydrogens is 248 g/mol. The summed E-state index contributed by atoms with van der Waals surface area (Å²) in [5.41, 5.74) is 10.1. The van der Waals surface area contributed by atoms with E-state index in [9.17, 15) is 0 Å². The SMILES string of the molecule is Cc1c(-c2cccc(N)c2)nc2ccc(Cl)nn12. The molecule has 0 aliphatic rings. The molecular formula is C13H11ClN4. The minimum atomic E-state index is 0.446. The number of nitrogen functional groups attached to an aromatic ring is 1. The topological polar surface area (TPSA) is 56.2 Å². The number of fused-ring (bicyclic) bond motifs is 1. The zero-order chi connectivity index (χ0) is 12.7. The van der Waals surface area contributed by atoms with Gasteiger partial charge in [0.1, 0.15) is 5.15 Å². The van der Waals surface area contributed by atoms with Crippen molar-refractivity contribution < 1.29 is 0 Å². The van der Waals surface area contributed by atoms with Crippen LogP contribution in [0.3, 0.4) is 0 Å². The second-order valence-corrected chi connectivity index (χ2v) is 4.48. The third-order valence-corrected chi connectivity index (χ3v) is 3.03. The summed E-state index contributed by atoms with van der Waals surface area (Å²) in [6.45, 7) is 1.96. The van der Waals surface area contributed by atoms with Crippen LogP contribution in [-0.4, -0.2) is 14.6 Å². The standard InChI is InChI=1S/C13H11ClN4/c1-8-13(9-3-2-4-10(15)7-9)16-12-6-5-11(14)17-18(8)12/h2-7H,15H2,1H3. The van der Waals surface area contributed by atoms with Gasteiger partial charge in [0.05, 0.1) is 11.4 Å². The average molecular weight is 259 g/mol. The van der Waals surface area contributed by atoms with Gasteiger partial charge in [0.15, 0.2) is 5.65 Å².